The third kappa shape index (κ3) is 4.51. The maximum Gasteiger partial charge on any atom is 0.319 e. The first-order valence-corrected chi connectivity index (χ1v) is 9.79. The van der Waals surface area contributed by atoms with E-state index in [1.807, 2.05) is 49.4 Å². The number of phenols is 1. The van der Waals surface area contributed by atoms with Crippen LogP contribution in [0.4, 0.5) is 0 Å². The Bertz CT molecular complexity index is 902. The summed E-state index contributed by atoms with van der Waals surface area (Å²) in [6.07, 6.45) is 2.19. The molecule has 2 heterocycles. The number of hydrogen-bond donors (Lipinski definition) is 1. The average Bonchev–Trinajstić information content (AvgIpc) is 3.09. The molecular formula is C22H26N4O2. The minimum absolute atomic E-state index is 0.332. The van der Waals surface area contributed by atoms with E-state index >= 15 is 0 Å². The van der Waals surface area contributed by atoms with Crippen molar-refractivity contribution in [1.82, 2.24) is 19.7 Å². The van der Waals surface area contributed by atoms with Crippen LogP contribution in [0.5, 0.6) is 11.8 Å². The number of phenolic OH excluding ortho intramolecular Hbond substituents is 1. The summed E-state index contributed by atoms with van der Waals surface area (Å²) in [7, 11) is 0. The van der Waals surface area contributed by atoms with Crippen LogP contribution in [-0.2, 0) is 6.54 Å². The maximum absolute atomic E-state index is 9.62. The second kappa shape index (κ2) is 8.44. The second-order valence-corrected chi connectivity index (χ2v) is 7.39. The number of ether oxygens (including phenoxy) is 1. The largest absolute Gasteiger partial charge is 0.508 e. The summed E-state index contributed by atoms with van der Waals surface area (Å²) in [6.45, 7) is 5.49. The summed E-state index contributed by atoms with van der Waals surface area (Å²) in [4.78, 5) is 6.88. The molecular weight excluding hydrogens is 352 g/mol. The maximum atomic E-state index is 9.62. The van der Waals surface area contributed by atoms with Crippen LogP contribution in [0.2, 0.25) is 0 Å². The smallest absolute Gasteiger partial charge is 0.319 e. The van der Waals surface area contributed by atoms with Gasteiger partial charge in [0.25, 0.3) is 0 Å². The minimum Gasteiger partial charge on any atom is -0.508 e. The predicted molar refractivity (Wildman–Crippen MR) is 108 cm³/mol. The highest BCUT2D eigenvalue weighted by Crippen LogP contribution is 2.22. The van der Waals surface area contributed by atoms with Crippen molar-refractivity contribution >= 4 is 0 Å². The van der Waals surface area contributed by atoms with Crippen molar-refractivity contribution in [3.8, 4) is 17.4 Å². The number of piperidine rings is 1. The van der Waals surface area contributed by atoms with Gasteiger partial charge in [0.2, 0.25) is 0 Å². The molecule has 0 aliphatic carbocycles. The molecule has 0 bridgehead atoms. The summed E-state index contributed by atoms with van der Waals surface area (Å²) >= 11 is 0. The normalized spacial score (nSPS) is 15.6. The van der Waals surface area contributed by atoms with E-state index in [2.05, 4.69) is 21.0 Å². The lowest BCUT2D eigenvalue weighted by molar-refractivity contribution is 0.131. The highest BCUT2D eigenvalue weighted by Gasteiger charge is 2.21. The summed E-state index contributed by atoms with van der Waals surface area (Å²) < 4.78 is 7.83. The van der Waals surface area contributed by atoms with Gasteiger partial charge in [-0.15, -0.1) is 5.10 Å². The molecule has 3 aromatic rings. The number of likely N-dealkylation sites (tertiary alicyclic amines) is 1. The van der Waals surface area contributed by atoms with Gasteiger partial charge in [-0.2, -0.15) is 9.67 Å². The first-order chi connectivity index (χ1) is 13.7. The number of hydrogen-bond acceptors (Lipinski definition) is 5. The van der Waals surface area contributed by atoms with E-state index in [1.54, 1.807) is 10.7 Å². The van der Waals surface area contributed by atoms with Crippen LogP contribution in [0, 0.1) is 12.8 Å². The van der Waals surface area contributed by atoms with Crippen molar-refractivity contribution < 1.29 is 9.84 Å². The van der Waals surface area contributed by atoms with Crippen molar-refractivity contribution in [1.29, 1.82) is 0 Å². The monoisotopic (exact) mass is 378 g/mol. The van der Waals surface area contributed by atoms with E-state index in [0.29, 0.717) is 30.1 Å². The van der Waals surface area contributed by atoms with Crippen LogP contribution in [0.15, 0.2) is 54.6 Å². The zero-order valence-electron chi connectivity index (χ0n) is 16.2. The Morgan fingerprint density at radius 2 is 1.86 bits per heavy atom. The van der Waals surface area contributed by atoms with Crippen LogP contribution in [0.25, 0.3) is 5.69 Å². The third-order valence-corrected chi connectivity index (χ3v) is 5.16. The molecule has 1 aromatic heterocycles. The van der Waals surface area contributed by atoms with Gasteiger partial charge in [-0.3, -0.25) is 4.90 Å². The summed E-state index contributed by atoms with van der Waals surface area (Å²) in [5, 5.41) is 14.1. The van der Waals surface area contributed by atoms with Gasteiger partial charge in [0.1, 0.15) is 5.75 Å². The molecule has 1 aliphatic rings. The molecule has 6 heteroatoms. The van der Waals surface area contributed by atoms with Crippen molar-refractivity contribution in [2.75, 3.05) is 19.7 Å². The summed E-state index contributed by atoms with van der Waals surface area (Å²) in [5.74, 6) is 1.56. The Labute approximate surface area is 165 Å². The number of nitrogens with zero attached hydrogens (tertiary/aromatic N) is 4. The van der Waals surface area contributed by atoms with Gasteiger partial charge in [-0.1, -0.05) is 30.3 Å². The number of aryl methyl sites for hydroxylation is 1. The molecule has 0 atom stereocenters. The Balaban J connectivity index is 1.30. The fraction of sp³-hybridized carbons (Fsp3) is 0.364. The number of aromatic nitrogens is 3. The van der Waals surface area contributed by atoms with Gasteiger partial charge in [0, 0.05) is 6.54 Å². The molecule has 4 rings (SSSR count). The molecule has 2 aromatic carbocycles. The van der Waals surface area contributed by atoms with Crippen LogP contribution < -0.4 is 4.74 Å². The van der Waals surface area contributed by atoms with E-state index in [0.717, 1.165) is 43.7 Å². The van der Waals surface area contributed by atoms with E-state index in [4.69, 9.17) is 4.74 Å². The zero-order chi connectivity index (χ0) is 19.3. The van der Waals surface area contributed by atoms with E-state index in [-0.39, 0.29) is 0 Å². The Hall–Kier alpha value is -2.86. The minimum atomic E-state index is 0.332. The Kier molecular flexibility index (Phi) is 5.58. The van der Waals surface area contributed by atoms with E-state index in [9.17, 15) is 5.11 Å². The Morgan fingerprint density at radius 1 is 1.07 bits per heavy atom. The van der Waals surface area contributed by atoms with Gasteiger partial charge in [-0.25, -0.2) is 0 Å². The summed E-state index contributed by atoms with van der Waals surface area (Å²) in [6, 6.07) is 18.0. The highest BCUT2D eigenvalue weighted by atomic mass is 16.5. The van der Waals surface area contributed by atoms with Crippen LogP contribution >= 0.6 is 0 Å². The Morgan fingerprint density at radius 3 is 2.61 bits per heavy atom. The molecule has 1 saturated heterocycles. The van der Waals surface area contributed by atoms with Crippen LogP contribution in [0.3, 0.4) is 0 Å². The van der Waals surface area contributed by atoms with Gasteiger partial charge in [0.05, 0.1) is 12.3 Å². The lowest BCUT2D eigenvalue weighted by atomic mass is 9.97. The molecule has 146 valence electrons. The topological polar surface area (TPSA) is 63.4 Å². The molecule has 0 saturated carbocycles. The standard InChI is InChI=1S/C22H26N4O2/c1-17-23-22(26(24-17)20-7-3-2-4-8-20)28-16-18-10-12-25(13-11-18)15-19-6-5-9-21(27)14-19/h2-9,14,18,27H,10-13,15-16H2,1H3. The summed E-state index contributed by atoms with van der Waals surface area (Å²) in [5.41, 5.74) is 2.11. The second-order valence-electron chi connectivity index (χ2n) is 7.39. The molecule has 1 fully saturated rings. The molecule has 0 unspecified atom stereocenters. The van der Waals surface area contributed by atoms with Crippen LogP contribution in [0.1, 0.15) is 24.2 Å². The van der Waals surface area contributed by atoms with Gasteiger partial charge >= 0.3 is 6.01 Å². The number of aromatic hydroxyl groups is 1. The van der Waals surface area contributed by atoms with E-state index < -0.39 is 0 Å². The van der Waals surface area contributed by atoms with Crippen molar-refractivity contribution in [2.24, 2.45) is 5.92 Å². The molecule has 0 radical (unpaired) electrons. The van der Waals surface area contributed by atoms with Crippen molar-refractivity contribution in [3.63, 3.8) is 0 Å². The third-order valence-electron chi connectivity index (χ3n) is 5.16. The molecule has 1 aliphatic heterocycles. The number of para-hydroxylation sites is 1. The van der Waals surface area contributed by atoms with Gasteiger partial charge in [0.15, 0.2) is 5.82 Å². The molecule has 28 heavy (non-hydrogen) atoms. The quantitative estimate of drug-likeness (QED) is 0.710. The lowest BCUT2D eigenvalue weighted by Crippen LogP contribution is -2.35. The first kappa shape index (κ1) is 18.5. The van der Waals surface area contributed by atoms with Crippen LogP contribution in [-0.4, -0.2) is 44.5 Å². The highest BCUT2D eigenvalue weighted by molar-refractivity contribution is 5.32. The SMILES string of the molecule is Cc1nc(OCC2CCN(Cc3cccc(O)c3)CC2)n(-c2ccccc2)n1. The molecule has 1 N–H and O–H groups in total. The lowest BCUT2D eigenvalue weighted by Gasteiger charge is -2.31. The first-order valence-electron chi connectivity index (χ1n) is 9.79. The predicted octanol–water partition coefficient (Wildman–Crippen LogP) is 3.57. The number of benzene rings is 2. The molecule has 0 amide bonds. The van der Waals surface area contributed by atoms with Crippen molar-refractivity contribution in [2.45, 2.75) is 26.3 Å². The molecule has 0 spiro atoms. The zero-order valence-corrected chi connectivity index (χ0v) is 16.2. The van der Waals surface area contributed by atoms with Gasteiger partial charge < -0.3 is 9.84 Å². The average molecular weight is 378 g/mol. The van der Waals surface area contributed by atoms with Gasteiger partial charge in [-0.05, 0) is 68.6 Å². The van der Waals surface area contributed by atoms with E-state index in [1.165, 1.54) is 0 Å². The fourth-order valence-electron chi connectivity index (χ4n) is 3.64. The fourth-order valence-corrected chi connectivity index (χ4v) is 3.64. The van der Waals surface area contributed by atoms with Crippen molar-refractivity contribution in [3.05, 3.63) is 66.0 Å². The molecule has 6 nitrogen and oxygen atoms in total. The number of rotatable bonds is 6.